The van der Waals surface area contributed by atoms with Crippen LogP contribution >= 0.6 is 11.3 Å². The van der Waals surface area contributed by atoms with Crippen molar-refractivity contribution in [3.8, 4) is 17.6 Å². The van der Waals surface area contributed by atoms with Gasteiger partial charge in [-0.2, -0.15) is 11.3 Å². The monoisotopic (exact) mass is 425 g/mol. The molecule has 0 saturated heterocycles. The van der Waals surface area contributed by atoms with Crippen LogP contribution in [-0.2, 0) is 6.54 Å². The number of hydrogen-bond acceptors (Lipinski definition) is 5. The molecule has 0 aliphatic heterocycles. The number of nitrogens with one attached hydrogen (secondary N) is 1. The van der Waals surface area contributed by atoms with Gasteiger partial charge in [0.1, 0.15) is 12.4 Å². The molecule has 0 bridgehead atoms. The minimum absolute atomic E-state index is 0.0456. The molecule has 30 heavy (non-hydrogen) atoms. The summed E-state index contributed by atoms with van der Waals surface area (Å²) in [5.41, 5.74) is 5.75. The molecule has 1 N–H and O–H groups in total. The van der Waals surface area contributed by atoms with Crippen molar-refractivity contribution < 1.29 is 4.74 Å². The second-order valence-corrected chi connectivity index (χ2v) is 9.07. The van der Waals surface area contributed by atoms with E-state index in [1.54, 1.807) is 11.3 Å². The van der Waals surface area contributed by atoms with Crippen LogP contribution in [0.25, 0.3) is 0 Å². The van der Waals surface area contributed by atoms with Crippen molar-refractivity contribution in [2.24, 2.45) is 5.41 Å². The average molecular weight is 426 g/mol. The number of thiophene rings is 1. The van der Waals surface area contributed by atoms with Gasteiger partial charge in [0.15, 0.2) is 0 Å². The molecule has 0 spiro atoms. The van der Waals surface area contributed by atoms with E-state index >= 15 is 0 Å². The van der Waals surface area contributed by atoms with Gasteiger partial charge in [-0.05, 0) is 62.5 Å². The Balaban J connectivity index is 1.78. The second-order valence-electron chi connectivity index (χ2n) is 8.29. The summed E-state index contributed by atoms with van der Waals surface area (Å²) >= 11 is 1.68. The molecule has 0 saturated carbocycles. The number of benzene rings is 1. The minimum atomic E-state index is 0.0456. The van der Waals surface area contributed by atoms with Gasteiger partial charge in [-0.1, -0.05) is 37.0 Å². The first-order chi connectivity index (χ1) is 14.4. The summed E-state index contributed by atoms with van der Waals surface area (Å²) in [7, 11) is 2.02. The standard InChI is InChI=1S/C25H35N3OS/c1-6-28(15-9-7-8-14-25(2,3)4)20-22-11-10-12-24(19-22)29-17-16-27(5)26-23-13-18-30-21-23/h7,9-13,18-19,21,26H,6,15-17,20H2,1-5H3/b9-7+. The fourth-order valence-electron chi connectivity index (χ4n) is 2.72. The van der Waals surface area contributed by atoms with Crippen molar-refractivity contribution in [3.63, 3.8) is 0 Å². The fraction of sp³-hybridized carbons (Fsp3) is 0.440. The Bertz CT molecular complexity index is 828. The molecule has 1 aromatic carbocycles. The summed E-state index contributed by atoms with van der Waals surface area (Å²) in [6, 6.07) is 10.4. The Labute approximate surface area is 186 Å². The molecule has 0 unspecified atom stereocenters. The predicted octanol–water partition coefficient (Wildman–Crippen LogP) is 5.51. The highest BCUT2D eigenvalue weighted by molar-refractivity contribution is 7.08. The van der Waals surface area contributed by atoms with Crippen molar-refractivity contribution >= 4 is 17.0 Å². The first-order valence-electron chi connectivity index (χ1n) is 10.5. The number of hydrazine groups is 1. The maximum atomic E-state index is 5.97. The maximum absolute atomic E-state index is 5.97. The molecular formula is C25H35N3OS. The molecule has 0 amide bonds. The van der Waals surface area contributed by atoms with Crippen molar-refractivity contribution in [2.75, 3.05) is 38.7 Å². The Kier molecular flexibility index (Phi) is 9.96. The number of allylic oxidation sites excluding steroid dienone is 1. The first-order valence-corrected chi connectivity index (χ1v) is 11.4. The Morgan fingerprint density at radius 2 is 2.07 bits per heavy atom. The lowest BCUT2D eigenvalue weighted by molar-refractivity contribution is 0.259. The highest BCUT2D eigenvalue weighted by Gasteiger charge is 2.05. The molecule has 4 nitrogen and oxygen atoms in total. The quantitative estimate of drug-likeness (QED) is 0.379. The number of nitrogens with zero attached hydrogens (tertiary/aromatic N) is 2. The number of likely N-dealkylation sites (N-methyl/N-ethyl adjacent to an activating group) is 2. The molecule has 5 heteroatoms. The molecular weight excluding hydrogens is 390 g/mol. The minimum Gasteiger partial charge on any atom is -0.492 e. The van der Waals surface area contributed by atoms with Gasteiger partial charge in [0, 0.05) is 30.9 Å². The zero-order valence-electron chi connectivity index (χ0n) is 18.9. The van der Waals surface area contributed by atoms with E-state index in [2.05, 4.69) is 91.0 Å². The molecule has 0 fully saturated rings. The van der Waals surface area contributed by atoms with E-state index in [0.717, 1.165) is 37.6 Å². The summed E-state index contributed by atoms with van der Waals surface area (Å²) in [5, 5.41) is 6.19. The van der Waals surface area contributed by atoms with Gasteiger partial charge >= 0.3 is 0 Å². The van der Waals surface area contributed by atoms with Gasteiger partial charge in [-0.25, -0.2) is 5.01 Å². The van der Waals surface area contributed by atoms with Gasteiger partial charge in [0.05, 0.1) is 12.2 Å². The van der Waals surface area contributed by atoms with E-state index < -0.39 is 0 Å². The summed E-state index contributed by atoms with van der Waals surface area (Å²) in [6.45, 7) is 12.8. The number of ether oxygens (including phenoxy) is 1. The lowest BCUT2D eigenvalue weighted by Gasteiger charge is -2.20. The van der Waals surface area contributed by atoms with E-state index in [9.17, 15) is 0 Å². The lowest BCUT2D eigenvalue weighted by atomic mass is 9.98. The Hall–Kier alpha value is -2.26. The molecule has 162 valence electrons. The fourth-order valence-corrected chi connectivity index (χ4v) is 3.30. The van der Waals surface area contributed by atoms with Crippen molar-refractivity contribution in [3.05, 3.63) is 58.8 Å². The summed E-state index contributed by atoms with van der Waals surface area (Å²) < 4.78 is 5.97. The largest absolute Gasteiger partial charge is 0.492 e. The first kappa shape index (κ1) is 24.0. The molecule has 1 aromatic heterocycles. The third kappa shape index (κ3) is 9.98. The van der Waals surface area contributed by atoms with Gasteiger partial charge in [-0.15, -0.1) is 0 Å². The zero-order valence-corrected chi connectivity index (χ0v) is 19.8. The molecule has 2 aromatic rings. The highest BCUT2D eigenvalue weighted by Crippen LogP contribution is 2.16. The topological polar surface area (TPSA) is 27.7 Å². The van der Waals surface area contributed by atoms with Crippen LogP contribution in [0.1, 0.15) is 33.3 Å². The van der Waals surface area contributed by atoms with E-state index in [1.165, 1.54) is 5.56 Å². The Morgan fingerprint density at radius 1 is 1.23 bits per heavy atom. The van der Waals surface area contributed by atoms with Crippen LogP contribution in [0.2, 0.25) is 0 Å². The second kappa shape index (κ2) is 12.4. The van der Waals surface area contributed by atoms with Crippen LogP contribution in [0.5, 0.6) is 5.75 Å². The van der Waals surface area contributed by atoms with Crippen LogP contribution in [-0.4, -0.2) is 43.2 Å². The number of hydrogen-bond donors (Lipinski definition) is 1. The molecule has 1 heterocycles. The summed E-state index contributed by atoms with van der Waals surface area (Å²) in [4.78, 5) is 2.38. The maximum Gasteiger partial charge on any atom is 0.119 e. The van der Waals surface area contributed by atoms with Gasteiger partial charge in [0.25, 0.3) is 0 Å². The normalized spacial score (nSPS) is 11.7. The van der Waals surface area contributed by atoms with Crippen LogP contribution in [0.4, 0.5) is 5.69 Å². The van der Waals surface area contributed by atoms with Crippen LogP contribution < -0.4 is 10.2 Å². The SMILES string of the molecule is CCN(C/C=C/C#CC(C)(C)C)Cc1cccc(OCCN(C)Nc2ccsc2)c1. The van der Waals surface area contributed by atoms with E-state index in [0.29, 0.717) is 6.61 Å². The van der Waals surface area contributed by atoms with E-state index in [1.807, 2.05) is 24.2 Å². The number of rotatable bonds is 11. The Morgan fingerprint density at radius 3 is 2.77 bits per heavy atom. The van der Waals surface area contributed by atoms with Gasteiger partial charge < -0.3 is 10.2 Å². The molecule has 0 aliphatic carbocycles. The summed E-state index contributed by atoms with van der Waals surface area (Å²) in [6.07, 6.45) is 4.10. The molecule has 0 radical (unpaired) electrons. The predicted molar refractivity (Wildman–Crippen MR) is 130 cm³/mol. The van der Waals surface area contributed by atoms with Gasteiger partial charge in [0.2, 0.25) is 0 Å². The van der Waals surface area contributed by atoms with E-state index in [4.69, 9.17) is 4.74 Å². The third-order valence-corrected chi connectivity index (χ3v) is 4.98. The zero-order chi connectivity index (χ0) is 21.8. The molecule has 0 aliphatic rings. The van der Waals surface area contributed by atoms with Gasteiger partial charge in [-0.3, -0.25) is 4.90 Å². The molecule has 2 rings (SSSR count). The smallest absolute Gasteiger partial charge is 0.119 e. The van der Waals surface area contributed by atoms with Crippen molar-refractivity contribution in [2.45, 2.75) is 34.2 Å². The molecule has 0 atom stereocenters. The highest BCUT2D eigenvalue weighted by atomic mass is 32.1. The summed E-state index contributed by atoms with van der Waals surface area (Å²) in [5.74, 6) is 7.28. The van der Waals surface area contributed by atoms with Crippen LogP contribution in [0, 0.1) is 17.3 Å². The van der Waals surface area contributed by atoms with E-state index in [-0.39, 0.29) is 5.41 Å². The van der Waals surface area contributed by atoms with Crippen molar-refractivity contribution in [1.82, 2.24) is 9.91 Å². The van der Waals surface area contributed by atoms with Crippen LogP contribution in [0.15, 0.2) is 53.2 Å². The number of anilines is 1. The van der Waals surface area contributed by atoms with Crippen molar-refractivity contribution in [1.29, 1.82) is 0 Å². The lowest BCUT2D eigenvalue weighted by Crippen LogP contribution is -2.29. The average Bonchev–Trinajstić information content (AvgIpc) is 3.19. The third-order valence-electron chi connectivity index (χ3n) is 4.30. The van der Waals surface area contributed by atoms with Crippen LogP contribution in [0.3, 0.4) is 0 Å².